The molecule has 1 aromatic carbocycles. The first-order valence-electron chi connectivity index (χ1n) is 4.54. The van der Waals surface area contributed by atoms with Gasteiger partial charge in [-0.05, 0) is 25.0 Å². The highest BCUT2D eigenvalue weighted by atomic mass is 16.5. The lowest BCUT2D eigenvalue weighted by Gasteiger charge is -2.14. The van der Waals surface area contributed by atoms with Crippen LogP contribution in [-0.2, 0) is 0 Å². The predicted molar refractivity (Wildman–Crippen MR) is 57.5 cm³/mol. The van der Waals surface area contributed by atoms with Crippen molar-refractivity contribution in [2.45, 2.75) is 13.8 Å². The molecule has 0 aliphatic carbocycles. The van der Waals surface area contributed by atoms with E-state index in [1.54, 1.807) is 13.2 Å². The highest BCUT2D eigenvalue weighted by Crippen LogP contribution is 2.32. The first kappa shape index (κ1) is 11.4. The van der Waals surface area contributed by atoms with E-state index in [4.69, 9.17) is 15.2 Å². The number of nitrogens with two attached hydrogens (primary N) is 1. The molecule has 0 unspecified atom stereocenters. The number of ether oxygens (including phenoxy) is 2. The smallest absolute Gasteiger partial charge is 0.252 e. The molecule has 0 radical (unpaired) electrons. The maximum Gasteiger partial charge on any atom is 0.252 e. The van der Waals surface area contributed by atoms with Crippen molar-refractivity contribution in [3.05, 3.63) is 22.8 Å². The Morgan fingerprint density at radius 1 is 1.13 bits per heavy atom. The van der Waals surface area contributed by atoms with Crippen molar-refractivity contribution in [1.29, 1.82) is 0 Å². The Labute approximate surface area is 89.0 Å². The molecule has 2 N–H and O–H groups in total. The van der Waals surface area contributed by atoms with E-state index in [-0.39, 0.29) is 0 Å². The lowest BCUT2D eigenvalue weighted by atomic mass is 10.0. The van der Waals surface area contributed by atoms with Crippen LogP contribution in [0.3, 0.4) is 0 Å². The normalized spacial score (nSPS) is 9.87. The van der Waals surface area contributed by atoms with Gasteiger partial charge in [0.2, 0.25) is 0 Å². The molecule has 82 valence electrons. The average molecular weight is 209 g/mol. The number of methoxy groups -OCH3 is 2. The highest BCUT2D eigenvalue weighted by Gasteiger charge is 2.17. The van der Waals surface area contributed by atoms with Crippen molar-refractivity contribution in [3.8, 4) is 11.5 Å². The number of benzene rings is 1. The topological polar surface area (TPSA) is 61.6 Å². The van der Waals surface area contributed by atoms with Crippen LogP contribution in [0.2, 0.25) is 0 Å². The van der Waals surface area contributed by atoms with Gasteiger partial charge in [0.05, 0.1) is 19.8 Å². The Balaban J connectivity index is 3.51. The van der Waals surface area contributed by atoms with Gasteiger partial charge in [0, 0.05) is 6.07 Å². The molecule has 0 aliphatic heterocycles. The predicted octanol–water partition coefficient (Wildman–Crippen LogP) is 1.42. The third-order valence-corrected chi connectivity index (χ3v) is 2.50. The van der Waals surface area contributed by atoms with E-state index >= 15 is 0 Å². The van der Waals surface area contributed by atoms with E-state index < -0.39 is 5.91 Å². The standard InChI is InChI=1S/C11H15NO3/c1-6-7(2)10(11(12)13)9(15-4)5-8(6)14-3/h5H,1-4H3,(H2,12,13). The zero-order chi connectivity index (χ0) is 11.6. The molecule has 1 rings (SSSR count). The van der Waals surface area contributed by atoms with Gasteiger partial charge in [0.1, 0.15) is 11.5 Å². The molecule has 0 heterocycles. The number of carbonyl (C=O) groups is 1. The molecule has 0 spiro atoms. The molecular formula is C11H15NO3. The van der Waals surface area contributed by atoms with Crippen LogP contribution < -0.4 is 15.2 Å². The summed E-state index contributed by atoms with van der Waals surface area (Å²) in [5.41, 5.74) is 7.39. The summed E-state index contributed by atoms with van der Waals surface area (Å²) >= 11 is 0. The molecule has 0 saturated carbocycles. The molecule has 0 saturated heterocycles. The van der Waals surface area contributed by atoms with Gasteiger partial charge in [-0.15, -0.1) is 0 Å². The van der Waals surface area contributed by atoms with Crippen molar-refractivity contribution >= 4 is 5.91 Å². The minimum Gasteiger partial charge on any atom is -0.496 e. The highest BCUT2D eigenvalue weighted by molar-refractivity contribution is 5.97. The fourth-order valence-corrected chi connectivity index (χ4v) is 1.54. The molecular weight excluding hydrogens is 194 g/mol. The molecule has 4 nitrogen and oxygen atoms in total. The third-order valence-electron chi connectivity index (χ3n) is 2.50. The Bertz CT molecular complexity index is 399. The van der Waals surface area contributed by atoms with E-state index in [9.17, 15) is 4.79 Å². The fourth-order valence-electron chi connectivity index (χ4n) is 1.54. The zero-order valence-corrected chi connectivity index (χ0v) is 9.38. The zero-order valence-electron chi connectivity index (χ0n) is 9.38. The van der Waals surface area contributed by atoms with Crippen LogP contribution in [0, 0.1) is 13.8 Å². The van der Waals surface area contributed by atoms with Crippen molar-refractivity contribution in [1.82, 2.24) is 0 Å². The van der Waals surface area contributed by atoms with Crippen molar-refractivity contribution in [3.63, 3.8) is 0 Å². The molecule has 0 aromatic heterocycles. The summed E-state index contributed by atoms with van der Waals surface area (Å²) in [5, 5.41) is 0. The second-order valence-electron chi connectivity index (χ2n) is 3.27. The molecule has 0 fully saturated rings. The number of rotatable bonds is 3. The van der Waals surface area contributed by atoms with Crippen LogP contribution in [0.25, 0.3) is 0 Å². The van der Waals surface area contributed by atoms with Gasteiger partial charge in [-0.2, -0.15) is 0 Å². The van der Waals surface area contributed by atoms with Crippen LogP contribution in [0.15, 0.2) is 6.07 Å². The SMILES string of the molecule is COc1cc(OC)c(C(N)=O)c(C)c1C. The minimum absolute atomic E-state index is 0.413. The van der Waals surface area contributed by atoms with Crippen molar-refractivity contribution < 1.29 is 14.3 Å². The maximum absolute atomic E-state index is 11.3. The lowest BCUT2D eigenvalue weighted by Crippen LogP contribution is -2.15. The summed E-state index contributed by atoms with van der Waals surface area (Å²) in [4.78, 5) is 11.3. The molecule has 1 amide bonds. The van der Waals surface area contributed by atoms with E-state index in [0.717, 1.165) is 11.1 Å². The summed E-state index contributed by atoms with van der Waals surface area (Å²) in [7, 11) is 3.07. The fraction of sp³-hybridized carbons (Fsp3) is 0.364. The lowest BCUT2D eigenvalue weighted by molar-refractivity contribution is 0.0996. The maximum atomic E-state index is 11.3. The Morgan fingerprint density at radius 2 is 1.67 bits per heavy atom. The Kier molecular flexibility index (Phi) is 3.19. The van der Waals surface area contributed by atoms with E-state index in [1.807, 2.05) is 13.8 Å². The van der Waals surface area contributed by atoms with Gasteiger partial charge in [-0.1, -0.05) is 0 Å². The first-order valence-corrected chi connectivity index (χ1v) is 4.54. The van der Waals surface area contributed by atoms with E-state index in [0.29, 0.717) is 17.1 Å². The number of carbonyl (C=O) groups excluding carboxylic acids is 1. The number of hydrogen-bond donors (Lipinski definition) is 1. The van der Waals surface area contributed by atoms with Gasteiger partial charge in [-0.3, -0.25) is 4.79 Å². The Morgan fingerprint density at radius 3 is 2.07 bits per heavy atom. The van der Waals surface area contributed by atoms with Crippen LogP contribution >= 0.6 is 0 Å². The van der Waals surface area contributed by atoms with Gasteiger partial charge in [-0.25, -0.2) is 0 Å². The van der Waals surface area contributed by atoms with Gasteiger partial charge < -0.3 is 15.2 Å². The van der Waals surface area contributed by atoms with Gasteiger partial charge in [0.25, 0.3) is 5.91 Å². The number of hydrogen-bond acceptors (Lipinski definition) is 3. The largest absolute Gasteiger partial charge is 0.496 e. The monoisotopic (exact) mass is 209 g/mol. The number of primary amides is 1. The van der Waals surface area contributed by atoms with Crippen LogP contribution in [0.4, 0.5) is 0 Å². The van der Waals surface area contributed by atoms with Crippen LogP contribution in [0.5, 0.6) is 11.5 Å². The molecule has 0 aliphatic rings. The summed E-state index contributed by atoms with van der Waals surface area (Å²) in [6.07, 6.45) is 0. The second kappa shape index (κ2) is 4.21. The molecule has 1 aromatic rings. The summed E-state index contributed by atoms with van der Waals surface area (Å²) in [5.74, 6) is 0.645. The van der Waals surface area contributed by atoms with Crippen LogP contribution in [0.1, 0.15) is 21.5 Å². The average Bonchev–Trinajstić information content (AvgIpc) is 2.20. The molecule has 15 heavy (non-hydrogen) atoms. The Hall–Kier alpha value is -1.71. The van der Waals surface area contributed by atoms with Crippen molar-refractivity contribution in [2.24, 2.45) is 5.73 Å². The molecule has 0 bridgehead atoms. The minimum atomic E-state index is -0.491. The van der Waals surface area contributed by atoms with Gasteiger partial charge in [0.15, 0.2) is 0 Å². The van der Waals surface area contributed by atoms with Crippen molar-refractivity contribution in [2.75, 3.05) is 14.2 Å². The molecule has 0 atom stereocenters. The summed E-state index contributed by atoms with van der Waals surface area (Å²) in [6, 6.07) is 1.67. The first-order chi connectivity index (χ1) is 7.02. The van der Waals surface area contributed by atoms with Gasteiger partial charge >= 0.3 is 0 Å². The quantitative estimate of drug-likeness (QED) is 0.818. The van der Waals surface area contributed by atoms with Crippen LogP contribution in [-0.4, -0.2) is 20.1 Å². The molecule has 4 heteroatoms. The van der Waals surface area contributed by atoms with E-state index in [2.05, 4.69) is 0 Å². The summed E-state index contributed by atoms with van der Waals surface area (Å²) in [6.45, 7) is 3.69. The third kappa shape index (κ3) is 1.88. The number of amides is 1. The summed E-state index contributed by atoms with van der Waals surface area (Å²) < 4.78 is 10.3. The van der Waals surface area contributed by atoms with E-state index in [1.165, 1.54) is 7.11 Å². The second-order valence-corrected chi connectivity index (χ2v) is 3.27.